The first-order valence-corrected chi connectivity index (χ1v) is 6.24. The zero-order chi connectivity index (χ0) is 10.1. The minimum Gasteiger partial charge on any atom is -0.311 e. The maximum Gasteiger partial charge on any atom is 0.0151 e. The molecule has 3 rings (SSSR count). The molecule has 2 aliphatic carbocycles. The molecule has 1 heteroatoms. The van der Waals surface area contributed by atoms with E-state index in [1.165, 1.54) is 38.5 Å². The molecule has 0 atom stereocenters. The van der Waals surface area contributed by atoms with Crippen molar-refractivity contribution < 1.29 is 0 Å². The van der Waals surface area contributed by atoms with E-state index in [0.717, 1.165) is 6.04 Å². The van der Waals surface area contributed by atoms with E-state index in [1.54, 1.807) is 11.1 Å². The molecule has 0 radical (unpaired) electrons. The molecular weight excluding hydrogens is 182 g/mol. The molecule has 1 N–H and O–H groups in total. The second-order valence-corrected chi connectivity index (χ2v) is 5.02. The molecule has 1 saturated carbocycles. The molecule has 15 heavy (non-hydrogen) atoms. The molecular formula is C14H19N. The summed E-state index contributed by atoms with van der Waals surface area (Å²) < 4.78 is 0. The van der Waals surface area contributed by atoms with Crippen LogP contribution in [0.4, 0.5) is 0 Å². The maximum atomic E-state index is 3.82. The Bertz CT molecular complexity index is 314. The largest absolute Gasteiger partial charge is 0.311 e. The third-order valence-electron chi connectivity index (χ3n) is 3.88. The molecule has 80 valence electrons. The topological polar surface area (TPSA) is 12.0 Å². The normalized spacial score (nSPS) is 22.1. The summed E-state index contributed by atoms with van der Waals surface area (Å²) in [5.74, 6) is 0. The van der Waals surface area contributed by atoms with Crippen LogP contribution >= 0.6 is 0 Å². The first-order chi connectivity index (χ1) is 7.42. The van der Waals surface area contributed by atoms with Gasteiger partial charge in [0.2, 0.25) is 0 Å². The van der Waals surface area contributed by atoms with Gasteiger partial charge in [-0.05, 0) is 36.8 Å². The van der Waals surface area contributed by atoms with Gasteiger partial charge in [-0.1, -0.05) is 37.1 Å². The van der Waals surface area contributed by atoms with Crippen LogP contribution in [0.1, 0.15) is 36.8 Å². The number of nitrogens with one attached hydrogen (secondary N) is 1. The van der Waals surface area contributed by atoms with Gasteiger partial charge in [-0.2, -0.15) is 0 Å². The average Bonchev–Trinajstić information content (AvgIpc) is 2.86. The average molecular weight is 201 g/mol. The Morgan fingerprint density at radius 3 is 2.07 bits per heavy atom. The van der Waals surface area contributed by atoms with Crippen LogP contribution in [0.15, 0.2) is 24.3 Å². The molecule has 0 aromatic heterocycles. The Labute approximate surface area is 91.9 Å². The highest BCUT2D eigenvalue weighted by molar-refractivity contribution is 5.33. The summed E-state index contributed by atoms with van der Waals surface area (Å²) in [6.07, 6.45) is 8.13. The van der Waals surface area contributed by atoms with E-state index < -0.39 is 0 Å². The van der Waals surface area contributed by atoms with Crippen molar-refractivity contribution in [1.29, 1.82) is 0 Å². The van der Waals surface area contributed by atoms with E-state index >= 15 is 0 Å². The van der Waals surface area contributed by atoms with Gasteiger partial charge in [0.05, 0.1) is 0 Å². The zero-order valence-corrected chi connectivity index (χ0v) is 9.21. The summed E-state index contributed by atoms with van der Waals surface area (Å²) in [4.78, 5) is 0. The van der Waals surface area contributed by atoms with Gasteiger partial charge in [-0.3, -0.25) is 0 Å². The van der Waals surface area contributed by atoms with Crippen LogP contribution in [-0.4, -0.2) is 12.1 Å². The van der Waals surface area contributed by atoms with Crippen molar-refractivity contribution >= 4 is 0 Å². The molecule has 0 spiro atoms. The number of fused-ring (bicyclic) bond motifs is 1. The standard InChI is InChI=1S/C14H19N/c1-2-6-12-10-14(9-11(12)5-1)15-13-7-3-4-8-13/h1-2,5-6,13-15H,3-4,7-10H2. The molecule has 0 bridgehead atoms. The van der Waals surface area contributed by atoms with E-state index in [1.807, 2.05) is 0 Å². The Hall–Kier alpha value is -0.820. The lowest BCUT2D eigenvalue weighted by Crippen LogP contribution is -2.37. The molecule has 2 aliphatic rings. The highest BCUT2D eigenvalue weighted by Crippen LogP contribution is 2.24. The third kappa shape index (κ3) is 1.93. The molecule has 0 amide bonds. The predicted molar refractivity (Wildman–Crippen MR) is 63.0 cm³/mol. The Morgan fingerprint density at radius 1 is 0.867 bits per heavy atom. The fraction of sp³-hybridized carbons (Fsp3) is 0.571. The van der Waals surface area contributed by atoms with Crippen molar-refractivity contribution in [3.8, 4) is 0 Å². The minimum atomic E-state index is 0.713. The summed E-state index contributed by atoms with van der Waals surface area (Å²) in [5, 5.41) is 3.82. The first kappa shape index (κ1) is 9.41. The van der Waals surface area contributed by atoms with Crippen LogP contribution in [0.5, 0.6) is 0 Å². The number of rotatable bonds is 2. The molecule has 1 aromatic carbocycles. The van der Waals surface area contributed by atoms with E-state index in [9.17, 15) is 0 Å². The molecule has 0 aliphatic heterocycles. The quantitative estimate of drug-likeness (QED) is 0.775. The number of benzene rings is 1. The molecule has 1 fully saturated rings. The van der Waals surface area contributed by atoms with Gasteiger partial charge in [0.25, 0.3) is 0 Å². The lowest BCUT2D eigenvalue weighted by Gasteiger charge is -2.17. The molecule has 1 aromatic rings. The highest BCUT2D eigenvalue weighted by atomic mass is 15.0. The monoisotopic (exact) mass is 201 g/mol. The Morgan fingerprint density at radius 2 is 1.47 bits per heavy atom. The van der Waals surface area contributed by atoms with E-state index in [-0.39, 0.29) is 0 Å². The van der Waals surface area contributed by atoms with Crippen molar-refractivity contribution in [2.75, 3.05) is 0 Å². The number of hydrogen-bond acceptors (Lipinski definition) is 1. The van der Waals surface area contributed by atoms with Crippen molar-refractivity contribution in [1.82, 2.24) is 5.32 Å². The van der Waals surface area contributed by atoms with Crippen LogP contribution in [0.2, 0.25) is 0 Å². The third-order valence-corrected chi connectivity index (χ3v) is 3.88. The van der Waals surface area contributed by atoms with Crippen molar-refractivity contribution in [2.24, 2.45) is 0 Å². The molecule has 0 unspecified atom stereocenters. The summed E-state index contributed by atoms with van der Waals surface area (Å²) in [7, 11) is 0. The summed E-state index contributed by atoms with van der Waals surface area (Å²) >= 11 is 0. The fourth-order valence-electron chi connectivity index (χ4n) is 3.10. The predicted octanol–water partition coefficient (Wildman–Crippen LogP) is 2.69. The first-order valence-electron chi connectivity index (χ1n) is 6.24. The lowest BCUT2D eigenvalue weighted by atomic mass is 10.1. The van der Waals surface area contributed by atoms with Gasteiger partial charge in [-0.25, -0.2) is 0 Å². The van der Waals surface area contributed by atoms with Gasteiger partial charge >= 0.3 is 0 Å². The van der Waals surface area contributed by atoms with E-state index in [4.69, 9.17) is 0 Å². The van der Waals surface area contributed by atoms with Crippen molar-refractivity contribution in [3.05, 3.63) is 35.4 Å². The maximum absolute atomic E-state index is 3.82. The van der Waals surface area contributed by atoms with Gasteiger partial charge in [0.1, 0.15) is 0 Å². The highest BCUT2D eigenvalue weighted by Gasteiger charge is 2.24. The van der Waals surface area contributed by atoms with Crippen LogP contribution in [-0.2, 0) is 12.8 Å². The van der Waals surface area contributed by atoms with Crippen LogP contribution in [0.25, 0.3) is 0 Å². The molecule has 0 saturated heterocycles. The Balaban J connectivity index is 1.63. The smallest absolute Gasteiger partial charge is 0.0151 e. The van der Waals surface area contributed by atoms with Crippen molar-refractivity contribution in [3.63, 3.8) is 0 Å². The Kier molecular flexibility index (Phi) is 2.49. The lowest BCUT2D eigenvalue weighted by molar-refractivity contribution is 0.440. The van der Waals surface area contributed by atoms with E-state index in [2.05, 4.69) is 29.6 Å². The second-order valence-electron chi connectivity index (χ2n) is 5.02. The molecule has 1 nitrogen and oxygen atoms in total. The summed E-state index contributed by atoms with van der Waals surface area (Å²) in [6.45, 7) is 0. The van der Waals surface area contributed by atoms with Crippen LogP contribution < -0.4 is 5.32 Å². The van der Waals surface area contributed by atoms with Gasteiger partial charge in [0.15, 0.2) is 0 Å². The van der Waals surface area contributed by atoms with Gasteiger partial charge < -0.3 is 5.32 Å². The number of hydrogen-bond donors (Lipinski definition) is 1. The van der Waals surface area contributed by atoms with Gasteiger partial charge in [-0.15, -0.1) is 0 Å². The fourth-order valence-corrected chi connectivity index (χ4v) is 3.10. The van der Waals surface area contributed by atoms with Gasteiger partial charge in [0, 0.05) is 12.1 Å². The minimum absolute atomic E-state index is 0.713. The summed E-state index contributed by atoms with van der Waals surface area (Å²) in [5.41, 5.74) is 3.13. The second kappa shape index (κ2) is 3.97. The van der Waals surface area contributed by atoms with E-state index in [0.29, 0.717) is 6.04 Å². The SMILES string of the molecule is c1ccc2c(c1)CC(NC1CCCC1)C2. The van der Waals surface area contributed by atoms with Crippen LogP contribution in [0, 0.1) is 0 Å². The summed E-state index contributed by atoms with van der Waals surface area (Å²) in [6, 6.07) is 10.4. The zero-order valence-electron chi connectivity index (χ0n) is 9.21. The molecule has 0 heterocycles. The van der Waals surface area contributed by atoms with Crippen molar-refractivity contribution in [2.45, 2.75) is 50.6 Å². The van der Waals surface area contributed by atoms with Crippen LogP contribution in [0.3, 0.4) is 0 Å².